The molecule has 0 bridgehead atoms. The van der Waals surface area contributed by atoms with Crippen molar-refractivity contribution in [3.8, 4) is 0 Å². The lowest BCUT2D eigenvalue weighted by atomic mass is 9.96. The molecule has 21 heavy (non-hydrogen) atoms. The average molecular weight is 374 g/mol. The number of hydrogen-bond donors (Lipinski definition) is 1. The Hall–Kier alpha value is -0.920. The summed E-state index contributed by atoms with van der Waals surface area (Å²) in [5.74, 6) is -0.200. The molecule has 1 saturated heterocycles. The first-order valence-corrected chi connectivity index (χ1v) is 8.56. The average Bonchev–Trinajstić information content (AvgIpc) is 2.83. The van der Waals surface area contributed by atoms with Crippen LogP contribution < -0.4 is 5.73 Å². The lowest BCUT2D eigenvalue weighted by Crippen LogP contribution is -2.45. The number of amides is 2. The molecule has 0 radical (unpaired) electrons. The number of thiophene rings is 1. The highest BCUT2D eigenvalue weighted by atomic mass is 79.9. The molecule has 2 N–H and O–H groups in total. The molecule has 0 aliphatic carbocycles. The number of carbonyl (C=O) groups excluding carboxylic acids is 2. The van der Waals surface area contributed by atoms with Crippen molar-refractivity contribution in [3.63, 3.8) is 0 Å². The zero-order valence-electron chi connectivity index (χ0n) is 12.0. The minimum atomic E-state index is -0.248. The molecule has 0 unspecified atom stereocenters. The number of carbonyl (C=O) groups is 2. The number of halogens is 1. The van der Waals surface area contributed by atoms with E-state index in [1.54, 1.807) is 11.3 Å². The minimum Gasteiger partial charge on any atom is -0.369 e. The highest BCUT2D eigenvalue weighted by molar-refractivity contribution is 9.11. The molecule has 0 spiro atoms. The molecule has 116 valence electrons. The topological polar surface area (TPSA) is 66.6 Å². The zero-order valence-corrected chi connectivity index (χ0v) is 14.5. The molecule has 7 heteroatoms. The molecule has 5 nitrogen and oxygen atoms in total. The Kier molecular flexibility index (Phi) is 5.78. The third-order valence-corrected chi connectivity index (χ3v) is 5.32. The van der Waals surface area contributed by atoms with Crippen molar-refractivity contribution in [1.29, 1.82) is 0 Å². The van der Waals surface area contributed by atoms with Crippen molar-refractivity contribution in [2.75, 3.05) is 26.7 Å². The number of likely N-dealkylation sites (N-methyl/N-ethyl adjacent to an activating group) is 1. The lowest BCUT2D eigenvalue weighted by Gasteiger charge is -2.31. The Morgan fingerprint density at radius 3 is 2.62 bits per heavy atom. The minimum absolute atomic E-state index is 0.0738. The number of likely N-dealkylation sites (tertiary alicyclic amines) is 1. The summed E-state index contributed by atoms with van der Waals surface area (Å²) in [6.07, 6.45) is 1.37. The number of nitrogens with two attached hydrogens (primary N) is 1. The first kappa shape index (κ1) is 16.5. The maximum Gasteiger partial charge on any atom is 0.236 e. The Labute approximate surface area is 137 Å². The molecule has 1 aliphatic heterocycles. The van der Waals surface area contributed by atoms with E-state index in [1.807, 2.05) is 22.9 Å². The molecule has 1 fully saturated rings. The number of hydrogen-bond acceptors (Lipinski definition) is 4. The van der Waals surface area contributed by atoms with Crippen LogP contribution in [0.5, 0.6) is 0 Å². The molecule has 2 rings (SSSR count). The Balaban J connectivity index is 1.77. The smallest absolute Gasteiger partial charge is 0.236 e. The first-order valence-electron chi connectivity index (χ1n) is 6.95. The van der Waals surface area contributed by atoms with E-state index in [4.69, 9.17) is 5.73 Å². The Morgan fingerprint density at radius 1 is 1.43 bits per heavy atom. The molecule has 2 heterocycles. The van der Waals surface area contributed by atoms with Gasteiger partial charge < -0.3 is 10.6 Å². The third-order valence-electron chi connectivity index (χ3n) is 3.71. The summed E-state index contributed by atoms with van der Waals surface area (Å²) in [6, 6.07) is 4.08. The van der Waals surface area contributed by atoms with Crippen molar-refractivity contribution < 1.29 is 9.59 Å². The largest absolute Gasteiger partial charge is 0.369 e. The van der Waals surface area contributed by atoms with Crippen LogP contribution in [0.3, 0.4) is 0 Å². The molecule has 0 saturated carbocycles. The quantitative estimate of drug-likeness (QED) is 0.853. The number of piperidine rings is 1. The van der Waals surface area contributed by atoms with Gasteiger partial charge in [-0.25, -0.2) is 0 Å². The Bertz CT molecular complexity index is 512. The van der Waals surface area contributed by atoms with Crippen LogP contribution in [-0.2, 0) is 16.1 Å². The van der Waals surface area contributed by atoms with E-state index in [1.165, 1.54) is 4.88 Å². The molecule has 0 aromatic carbocycles. The summed E-state index contributed by atoms with van der Waals surface area (Å²) in [7, 11) is 1.95. The monoisotopic (exact) mass is 373 g/mol. The second kappa shape index (κ2) is 7.38. The van der Waals surface area contributed by atoms with Crippen LogP contribution >= 0.6 is 27.3 Å². The van der Waals surface area contributed by atoms with E-state index < -0.39 is 0 Å². The van der Waals surface area contributed by atoms with Gasteiger partial charge in [-0.3, -0.25) is 14.5 Å². The normalized spacial score (nSPS) is 16.4. The van der Waals surface area contributed by atoms with E-state index in [-0.39, 0.29) is 17.7 Å². The van der Waals surface area contributed by atoms with Gasteiger partial charge in [-0.05, 0) is 48.0 Å². The molecule has 1 aliphatic rings. The van der Waals surface area contributed by atoms with Crippen LogP contribution in [0.2, 0.25) is 0 Å². The van der Waals surface area contributed by atoms with Gasteiger partial charge in [0.1, 0.15) is 0 Å². The lowest BCUT2D eigenvalue weighted by molar-refractivity contribution is -0.135. The number of primary amides is 1. The van der Waals surface area contributed by atoms with Crippen molar-refractivity contribution in [3.05, 3.63) is 20.8 Å². The van der Waals surface area contributed by atoms with E-state index in [0.717, 1.165) is 10.3 Å². The van der Waals surface area contributed by atoms with Crippen LogP contribution in [-0.4, -0.2) is 48.3 Å². The second-order valence-electron chi connectivity index (χ2n) is 5.44. The van der Waals surface area contributed by atoms with Crippen LogP contribution in [0.25, 0.3) is 0 Å². The predicted octanol–water partition coefficient (Wildman–Crippen LogP) is 1.67. The second-order valence-corrected chi connectivity index (χ2v) is 7.98. The van der Waals surface area contributed by atoms with E-state index in [0.29, 0.717) is 32.5 Å². The van der Waals surface area contributed by atoms with Gasteiger partial charge in [0.15, 0.2) is 0 Å². The fourth-order valence-corrected chi connectivity index (χ4v) is 4.07. The summed E-state index contributed by atoms with van der Waals surface area (Å²) >= 11 is 5.12. The standard InChI is InChI=1S/C14H20BrN3O2S/c1-17(8-11-2-3-12(15)21-11)9-13(19)18-6-4-10(5-7-18)14(16)20/h2-3,10H,4-9H2,1H3,(H2,16,20). The number of nitrogens with zero attached hydrogens (tertiary/aromatic N) is 2. The van der Waals surface area contributed by atoms with Crippen LogP contribution in [0.1, 0.15) is 17.7 Å². The maximum absolute atomic E-state index is 12.2. The Morgan fingerprint density at radius 2 is 2.10 bits per heavy atom. The maximum atomic E-state index is 12.2. The number of rotatable bonds is 5. The molecule has 0 atom stereocenters. The highest BCUT2D eigenvalue weighted by Gasteiger charge is 2.26. The van der Waals surface area contributed by atoms with Crippen molar-refractivity contribution >= 4 is 39.1 Å². The van der Waals surface area contributed by atoms with Crippen molar-refractivity contribution in [1.82, 2.24) is 9.80 Å². The summed E-state index contributed by atoms with van der Waals surface area (Å²) in [5.41, 5.74) is 5.30. The van der Waals surface area contributed by atoms with E-state index in [2.05, 4.69) is 22.0 Å². The van der Waals surface area contributed by atoms with E-state index >= 15 is 0 Å². The van der Waals surface area contributed by atoms with Gasteiger partial charge >= 0.3 is 0 Å². The van der Waals surface area contributed by atoms with Crippen LogP contribution in [0.4, 0.5) is 0 Å². The predicted molar refractivity (Wildman–Crippen MR) is 86.9 cm³/mol. The molecular weight excluding hydrogens is 354 g/mol. The summed E-state index contributed by atoms with van der Waals surface area (Å²) < 4.78 is 1.10. The van der Waals surface area contributed by atoms with Gasteiger partial charge in [0, 0.05) is 30.4 Å². The SMILES string of the molecule is CN(CC(=O)N1CCC(C(N)=O)CC1)Cc1ccc(Br)s1. The van der Waals surface area contributed by atoms with Crippen molar-refractivity contribution in [2.45, 2.75) is 19.4 Å². The molecule has 1 aromatic rings. The summed E-state index contributed by atoms with van der Waals surface area (Å²) in [5, 5.41) is 0. The first-order chi connectivity index (χ1) is 9.95. The van der Waals surface area contributed by atoms with E-state index in [9.17, 15) is 9.59 Å². The van der Waals surface area contributed by atoms with Gasteiger partial charge in [0.05, 0.1) is 10.3 Å². The fourth-order valence-electron chi connectivity index (χ4n) is 2.50. The highest BCUT2D eigenvalue weighted by Crippen LogP contribution is 2.23. The summed E-state index contributed by atoms with van der Waals surface area (Å²) in [6.45, 7) is 2.42. The third kappa shape index (κ3) is 4.79. The molecule has 2 amide bonds. The van der Waals surface area contributed by atoms with Crippen LogP contribution in [0.15, 0.2) is 15.9 Å². The van der Waals surface area contributed by atoms with Gasteiger partial charge in [-0.1, -0.05) is 0 Å². The summed E-state index contributed by atoms with van der Waals surface area (Å²) in [4.78, 5) is 28.4. The molecular formula is C14H20BrN3O2S. The van der Waals surface area contributed by atoms with Crippen molar-refractivity contribution in [2.24, 2.45) is 11.7 Å². The molecule has 1 aromatic heterocycles. The van der Waals surface area contributed by atoms with Gasteiger partial charge in [0.2, 0.25) is 11.8 Å². The van der Waals surface area contributed by atoms with Gasteiger partial charge in [0.25, 0.3) is 0 Å². The zero-order chi connectivity index (χ0) is 15.4. The van der Waals surface area contributed by atoms with Gasteiger partial charge in [-0.15, -0.1) is 11.3 Å². The van der Waals surface area contributed by atoms with Crippen LogP contribution in [0, 0.1) is 5.92 Å². The fraction of sp³-hybridized carbons (Fsp3) is 0.571. The van der Waals surface area contributed by atoms with Gasteiger partial charge in [-0.2, -0.15) is 0 Å².